The van der Waals surface area contributed by atoms with Crippen LogP contribution in [0, 0.1) is 0 Å². The molecule has 0 aliphatic carbocycles. The number of likely N-dealkylation sites (N-methyl/N-ethyl adjacent to an activating group) is 1. The van der Waals surface area contributed by atoms with Crippen LogP contribution in [0.1, 0.15) is 12.8 Å². The topological polar surface area (TPSA) is 77.2 Å². The summed E-state index contributed by atoms with van der Waals surface area (Å²) in [5.74, 6) is 1.32. The highest BCUT2D eigenvalue weighted by molar-refractivity contribution is 5.77. The van der Waals surface area contributed by atoms with Gasteiger partial charge in [-0.15, -0.1) is 10.2 Å². The Morgan fingerprint density at radius 3 is 2.68 bits per heavy atom. The zero-order valence-electron chi connectivity index (χ0n) is 10.8. The number of carbonyl (C=O) groups excluding carboxylic acids is 1. The van der Waals surface area contributed by atoms with E-state index in [4.69, 9.17) is 9.15 Å². The summed E-state index contributed by atoms with van der Waals surface area (Å²) in [6.45, 7) is 2.44. The molecule has 6 heteroatoms. The smallest absolute Gasteiger partial charge is 0.247 e. The van der Waals surface area contributed by atoms with Gasteiger partial charge in [0.15, 0.2) is 0 Å². The van der Waals surface area contributed by atoms with Gasteiger partial charge in [-0.1, -0.05) is 0 Å². The maximum absolute atomic E-state index is 11.4. The number of methoxy groups -OCH3 is 1. The molecule has 0 bridgehead atoms. The fourth-order valence-electron chi connectivity index (χ4n) is 1.57. The summed E-state index contributed by atoms with van der Waals surface area (Å²) in [7, 11) is 1.60. The van der Waals surface area contributed by atoms with E-state index < -0.39 is 0 Å². The van der Waals surface area contributed by atoms with Crippen molar-refractivity contribution in [3.05, 3.63) is 30.2 Å². The number of hydrogen-bond acceptors (Lipinski definition) is 5. The van der Waals surface area contributed by atoms with Crippen LogP contribution in [0.5, 0.6) is 5.75 Å². The second-order valence-corrected chi connectivity index (χ2v) is 3.86. The van der Waals surface area contributed by atoms with E-state index >= 15 is 0 Å². The van der Waals surface area contributed by atoms with Crippen molar-refractivity contribution in [3.8, 4) is 17.2 Å². The molecule has 2 rings (SSSR count). The number of aromatic nitrogens is 2. The normalized spacial score (nSPS) is 10.2. The SMILES string of the molecule is CCNC(=O)Cc1nnc(-c2ccc(OC)cc2)o1. The lowest BCUT2D eigenvalue weighted by Crippen LogP contribution is -2.24. The average Bonchev–Trinajstić information content (AvgIpc) is 2.87. The third-order valence-electron chi connectivity index (χ3n) is 2.49. The standard InChI is InChI=1S/C13H15N3O3/c1-3-14-11(17)8-12-15-16-13(19-12)9-4-6-10(18-2)7-5-9/h4-7H,3,8H2,1-2H3,(H,14,17). The summed E-state index contributed by atoms with van der Waals surface area (Å²) in [5.41, 5.74) is 0.787. The van der Waals surface area contributed by atoms with Crippen LogP contribution in [0.2, 0.25) is 0 Å². The lowest BCUT2D eigenvalue weighted by Gasteiger charge is -1.99. The van der Waals surface area contributed by atoms with E-state index in [0.29, 0.717) is 18.3 Å². The molecule has 0 fully saturated rings. The molecule has 0 unspecified atom stereocenters. The molecule has 100 valence electrons. The second kappa shape index (κ2) is 5.99. The summed E-state index contributed by atoms with van der Waals surface area (Å²) >= 11 is 0. The Kier molecular flexibility index (Phi) is 4.12. The monoisotopic (exact) mass is 261 g/mol. The molecular weight excluding hydrogens is 246 g/mol. The number of nitrogens with zero attached hydrogens (tertiary/aromatic N) is 2. The second-order valence-electron chi connectivity index (χ2n) is 3.86. The predicted octanol–water partition coefficient (Wildman–Crippen LogP) is 1.42. The van der Waals surface area contributed by atoms with Crippen LogP contribution in [0.15, 0.2) is 28.7 Å². The molecule has 1 aromatic carbocycles. The minimum atomic E-state index is -0.132. The first-order valence-electron chi connectivity index (χ1n) is 5.96. The lowest BCUT2D eigenvalue weighted by molar-refractivity contribution is -0.120. The summed E-state index contributed by atoms with van der Waals surface area (Å²) in [6.07, 6.45) is 0.0942. The summed E-state index contributed by atoms with van der Waals surface area (Å²) < 4.78 is 10.5. The first kappa shape index (κ1) is 13.1. The van der Waals surface area contributed by atoms with E-state index in [9.17, 15) is 4.79 Å². The Balaban J connectivity index is 2.09. The fraction of sp³-hybridized carbons (Fsp3) is 0.308. The summed E-state index contributed by atoms with van der Waals surface area (Å²) in [5, 5.41) is 10.4. The van der Waals surface area contributed by atoms with Crippen molar-refractivity contribution in [2.75, 3.05) is 13.7 Å². The fourth-order valence-corrected chi connectivity index (χ4v) is 1.57. The van der Waals surface area contributed by atoms with Crippen molar-refractivity contribution in [2.45, 2.75) is 13.3 Å². The number of hydrogen-bond donors (Lipinski definition) is 1. The molecule has 0 aliphatic rings. The Bertz CT molecular complexity index is 549. The van der Waals surface area contributed by atoms with E-state index in [0.717, 1.165) is 11.3 Å². The van der Waals surface area contributed by atoms with Crippen molar-refractivity contribution in [2.24, 2.45) is 0 Å². The highest BCUT2D eigenvalue weighted by atomic mass is 16.5. The van der Waals surface area contributed by atoms with Crippen LogP contribution in [0.25, 0.3) is 11.5 Å². The Morgan fingerprint density at radius 2 is 2.05 bits per heavy atom. The highest BCUT2D eigenvalue weighted by Gasteiger charge is 2.11. The third kappa shape index (κ3) is 3.31. The zero-order chi connectivity index (χ0) is 13.7. The highest BCUT2D eigenvalue weighted by Crippen LogP contribution is 2.21. The lowest BCUT2D eigenvalue weighted by atomic mass is 10.2. The summed E-state index contributed by atoms with van der Waals surface area (Å²) in [6, 6.07) is 7.26. The first-order chi connectivity index (χ1) is 9.22. The molecule has 1 amide bonds. The van der Waals surface area contributed by atoms with E-state index in [2.05, 4.69) is 15.5 Å². The van der Waals surface area contributed by atoms with Gasteiger partial charge in [0.1, 0.15) is 12.2 Å². The minimum absolute atomic E-state index is 0.0942. The molecular formula is C13H15N3O3. The predicted molar refractivity (Wildman–Crippen MR) is 68.7 cm³/mol. The van der Waals surface area contributed by atoms with Crippen LogP contribution in [-0.4, -0.2) is 29.8 Å². The minimum Gasteiger partial charge on any atom is -0.497 e. The van der Waals surface area contributed by atoms with Gasteiger partial charge in [-0.05, 0) is 31.2 Å². The van der Waals surface area contributed by atoms with Gasteiger partial charge in [-0.3, -0.25) is 4.79 Å². The molecule has 0 radical (unpaired) electrons. The van der Waals surface area contributed by atoms with Crippen molar-refractivity contribution < 1.29 is 13.9 Å². The van der Waals surface area contributed by atoms with Crippen LogP contribution in [-0.2, 0) is 11.2 Å². The molecule has 1 heterocycles. The van der Waals surface area contributed by atoms with E-state index in [1.165, 1.54) is 0 Å². The molecule has 2 aromatic rings. The van der Waals surface area contributed by atoms with Crippen molar-refractivity contribution >= 4 is 5.91 Å². The van der Waals surface area contributed by atoms with Crippen molar-refractivity contribution in [3.63, 3.8) is 0 Å². The maximum Gasteiger partial charge on any atom is 0.247 e. The van der Waals surface area contributed by atoms with Gasteiger partial charge in [-0.25, -0.2) is 0 Å². The molecule has 0 saturated carbocycles. The van der Waals surface area contributed by atoms with Gasteiger partial charge in [0.2, 0.25) is 17.7 Å². The molecule has 19 heavy (non-hydrogen) atoms. The third-order valence-corrected chi connectivity index (χ3v) is 2.49. The van der Waals surface area contributed by atoms with Gasteiger partial charge in [-0.2, -0.15) is 0 Å². The van der Waals surface area contributed by atoms with E-state index in [1.54, 1.807) is 7.11 Å². The van der Waals surface area contributed by atoms with Gasteiger partial charge in [0.25, 0.3) is 0 Å². The Labute approximate surface area is 110 Å². The number of carbonyl (C=O) groups is 1. The Morgan fingerprint density at radius 1 is 1.32 bits per heavy atom. The molecule has 0 spiro atoms. The van der Waals surface area contributed by atoms with Gasteiger partial charge >= 0.3 is 0 Å². The van der Waals surface area contributed by atoms with Crippen LogP contribution in [0.4, 0.5) is 0 Å². The molecule has 0 atom stereocenters. The average molecular weight is 261 g/mol. The van der Waals surface area contributed by atoms with Gasteiger partial charge in [0.05, 0.1) is 7.11 Å². The number of benzene rings is 1. The molecule has 0 saturated heterocycles. The molecule has 6 nitrogen and oxygen atoms in total. The maximum atomic E-state index is 11.4. The number of amides is 1. The number of rotatable bonds is 5. The quantitative estimate of drug-likeness (QED) is 0.880. The largest absolute Gasteiger partial charge is 0.497 e. The van der Waals surface area contributed by atoms with E-state index in [1.807, 2.05) is 31.2 Å². The zero-order valence-corrected chi connectivity index (χ0v) is 10.8. The first-order valence-corrected chi connectivity index (χ1v) is 5.96. The number of ether oxygens (including phenoxy) is 1. The van der Waals surface area contributed by atoms with Gasteiger partial charge in [0, 0.05) is 12.1 Å². The van der Waals surface area contributed by atoms with Crippen molar-refractivity contribution in [1.29, 1.82) is 0 Å². The molecule has 0 aliphatic heterocycles. The van der Waals surface area contributed by atoms with Crippen LogP contribution >= 0.6 is 0 Å². The van der Waals surface area contributed by atoms with Crippen molar-refractivity contribution in [1.82, 2.24) is 15.5 Å². The molecule has 1 N–H and O–H groups in total. The Hall–Kier alpha value is -2.37. The number of nitrogens with one attached hydrogen (secondary N) is 1. The van der Waals surface area contributed by atoms with Crippen LogP contribution < -0.4 is 10.1 Å². The van der Waals surface area contributed by atoms with Crippen LogP contribution in [0.3, 0.4) is 0 Å². The summed E-state index contributed by atoms with van der Waals surface area (Å²) in [4.78, 5) is 11.4. The molecule has 1 aromatic heterocycles. The van der Waals surface area contributed by atoms with Gasteiger partial charge < -0.3 is 14.5 Å². The van der Waals surface area contributed by atoms with E-state index in [-0.39, 0.29) is 12.3 Å².